The summed E-state index contributed by atoms with van der Waals surface area (Å²) in [6.07, 6.45) is -3.23. The van der Waals surface area contributed by atoms with Crippen molar-refractivity contribution in [1.29, 1.82) is 0 Å². The van der Waals surface area contributed by atoms with E-state index in [9.17, 15) is 21.6 Å². The molecule has 1 aliphatic rings. The molecule has 3 heterocycles. The Morgan fingerprint density at radius 1 is 0.944 bits per heavy atom. The lowest BCUT2D eigenvalue weighted by atomic mass is 10.1. The first-order valence-electron chi connectivity index (χ1n) is 10.6. The minimum atomic E-state index is -4.79. The third-order valence-corrected chi connectivity index (χ3v) is 8.29. The van der Waals surface area contributed by atoms with Crippen LogP contribution < -0.4 is 4.90 Å². The summed E-state index contributed by atoms with van der Waals surface area (Å²) in [5.41, 5.74) is 0.0520. The Bertz CT molecular complexity index is 1550. The SMILES string of the molecule is O=S(=O)(c1ccccc1C(F)(F)F)N1CCN(c2nc3nccc(-c4cc(Cl)ccc4Cl)n3n2)CC1. The zero-order valence-corrected chi connectivity index (χ0v) is 20.7. The van der Waals surface area contributed by atoms with Gasteiger partial charge in [-0.2, -0.15) is 27.0 Å². The van der Waals surface area contributed by atoms with Gasteiger partial charge in [0.15, 0.2) is 0 Å². The highest BCUT2D eigenvalue weighted by molar-refractivity contribution is 7.89. The first kappa shape index (κ1) is 24.8. The van der Waals surface area contributed by atoms with Crippen molar-refractivity contribution in [2.75, 3.05) is 31.1 Å². The molecule has 1 aliphatic heterocycles. The normalized spacial score (nSPS) is 15.5. The zero-order chi connectivity index (χ0) is 25.7. The van der Waals surface area contributed by atoms with Crippen LogP contribution in [0.15, 0.2) is 59.6 Å². The topological polar surface area (TPSA) is 83.7 Å². The fourth-order valence-electron chi connectivity index (χ4n) is 4.01. The number of hydrogen-bond donors (Lipinski definition) is 0. The number of hydrogen-bond acceptors (Lipinski definition) is 6. The van der Waals surface area contributed by atoms with Crippen LogP contribution in [0.4, 0.5) is 19.1 Å². The maximum absolute atomic E-state index is 13.4. The van der Waals surface area contributed by atoms with Gasteiger partial charge in [-0.25, -0.2) is 13.4 Å². The van der Waals surface area contributed by atoms with Gasteiger partial charge in [0, 0.05) is 43.0 Å². The Hall–Kier alpha value is -2.93. The van der Waals surface area contributed by atoms with Crippen LogP contribution >= 0.6 is 23.2 Å². The summed E-state index contributed by atoms with van der Waals surface area (Å²) in [6, 6.07) is 10.9. The van der Waals surface area contributed by atoms with Crippen LogP contribution in [0.25, 0.3) is 17.0 Å². The van der Waals surface area contributed by atoms with E-state index in [2.05, 4.69) is 15.1 Å². The van der Waals surface area contributed by atoms with Crippen molar-refractivity contribution in [3.63, 3.8) is 0 Å². The summed E-state index contributed by atoms with van der Waals surface area (Å²) in [7, 11) is -4.36. The number of nitrogens with zero attached hydrogens (tertiary/aromatic N) is 6. The van der Waals surface area contributed by atoms with Crippen molar-refractivity contribution in [3.8, 4) is 11.3 Å². The number of aromatic nitrogens is 4. The van der Waals surface area contributed by atoms with Crippen molar-refractivity contribution in [3.05, 3.63) is 70.3 Å². The lowest BCUT2D eigenvalue weighted by molar-refractivity contribution is -0.139. The quantitative estimate of drug-likeness (QED) is 0.364. The fraction of sp³-hybridized carbons (Fsp3) is 0.227. The standard InChI is InChI=1S/C22H17Cl2F3N6O2S/c23-14-5-6-17(24)15(13-14)18-7-8-28-20-29-21(30-33(18)20)31-9-11-32(12-10-31)36(34,35)19-4-2-1-3-16(19)22(25,26)27/h1-8,13H,9-12H2. The average Bonchev–Trinajstić information content (AvgIpc) is 3.30. The number of halogens is 5. The van der Waals surface area contributed by atoms with Gasteiger partial charge in [-0.1, -0.05) is 35.3 Å². The molecule has 0 N–H and O–H groups in total. The van der Waals surface area contributed by atoms with Crippen molar-refractivity contribution in [1.82, 2.24) is 23.9 Å². The Morgan fingerprint density at radius 2 is 1.67 bits per heavy atom. The molecule has 0 atom stereocenters. The Balaban J connectivity index is 1.40. The number of rotatable bonds is 4. The molecular weight excluding hydrogens is 540 g/mol. The molecule has 0 radical (unpaired) electrons. The summed E-state index contributed by atoms with van der Waals surface area (Å²) in [4.78, 5) is 9.67. The molecule has 14 heteroatoms. The number of anilines is 1. The third kappa shape index (κ3) is 4.49. The van der Waals surface area contributed by atoms with Crippen LogP contribution in [0.2, 0.25) is 10.0 Å². The first-order valence-corrected chi connectivity index (χ1v) is 12.8. The second-order valence-corrected chi connectivity index (χ2v) is 10.7. The van der Waals surface area contributed by atoms with E-state index in [4.69, 9.17) is 23.2 Å². The molecule has 0 amide bonds. The third-order valence-electron chi connectivity index (χ3n) is 5.77. The Morgan fingerprint density at radius 3 is 2.39 bits per heavy atom. The zero-order valence-electron chi connectivity index (χ0n) is 18.3. The number of piperazine rings is 1. The summed E-state index contributed by atoms with van der Waals surface area (Å²) in [5, 5.41) is 5.48. The molecule has 8 nitrogen and oxygen atoms in total. The second-order valence-electron chi connectivity index (χ2n) is 7.96. The van der Waals surface area contributed by atoms with Gasteiger partial charge >= 0.3 is 6.18 Å². The van der Waals surface area contributed by atoms with Crippen LogP contribution in [-0.4, -0.2) is 58.5 Å². The molecule has 1 fully saturated rings. The van der Waals surface area contributed by atoms with Gasteiger partial charge in [0.25, 0.3) is 5.78 Å². The first-order chi connectivity index (χ1) is 17.1. The molecule has 2 aromatic heterocycles. The molecular formula is C22H17Cl2F3N6O2S. The molecule has 36 heavy (non-hydrogen) atoms. The van der Waals surface area contributed by atoms with E-state index >= 15 is 0 Å². The average molecular weight is 557 g/mol. The van der Waals surface area contributed by atoms with Crippen LogP contribution in [0.1, 0.15) is 5.56 Å². The molecule has 1 saturated heterocycles. The van der Waals surface area contributed by atoms with E-state index in [1.807, 2.05) is 0 Å². The van der Waals surface area contributed by atoms with Crippen LogP contribution in [0, 0.1) is 0 Å². The highest BCUT2D eigenvalue weighted by atomic mass is 35.5. The molecule has 0 spiro atoms. The van der Waals surface area contributed by atoms with E-state index in [-0.39, 0.29) is 26.2 Å². The van der Waals surface area contributed by atoms with Gasteiger partial charge < -0.3 is 4.90 Å². The Kier molecular flexibility index (Phi) is 6.31. The number of sulfonamides is 1. The maximum Gasteiger partial charge on any atom is 0.417 e. The molecule has 0 aliphatic carbocycles. The summed E-state index contributed by atoms with van der Waals surface area (Å²) in [6.45, 7) is 0.282. The molecule has 0 unspecified atom stereocenters. The number of alkyl halides is 3. The predicted octanol–water partition coefficient (Wildman–Crippen LogP) is 4.63. The minimum Gasteiger partial charge on any atom is -0.337 e. The van der Waals surface area contributed by atoms with Crippen molar-refractivity contribution in [2.24, 2.45) is 0 Å². The highest BCUT2D eigenvalue weighted by Crippen LogP contribution is 2.35. The Labute approximate surface area is 213 Å². The fourth-order valence-corrected chi connectivity index (χ4v) is 6.03. The van der Waals surface area contributed by atoms with Crippen LogP contribution in [-0.2, 0) is 16.2 Å². The molecule has 2 aromatic carbocycles. The van der Waals surface area contributed by atoms with Gasteiger partial charge in [0.1, 0.15) is 0 Å². The van der Waals surface area contributed by atoms with E-state index < -0.39 is 26.7 Å². The monoisotopic (exact) mass is 556 g/mol. The number of fused-ring (bicyclic) bond motifs is 1. The molecule has 188 valence electrons. The van der Waals surface area contributed by atoms with Gasteiger partial charge in [-0.05, 0) is 36.4 Å². The second kappa shape index (κ2) is 9.18. The van der Waals surface area contributed by atoms with Crippen molar-refractivity contribution >= 4 is 45.0 Å². The highest BCUT2D eigenvalue weighted by Gasteiger charge is 2.39. The maximum atomic E-state index is 13.4. The molecule has 4 aromatic rings. The summed E-state index contributed by atoms with van der Waals surface area (Å²) < 4.78 is 68.8. The molecule has 0 saturated carbocycles. The van der Waals surface area contributed by atoms with E-state index in [1.165, 1.54) is 10.6 Å². The van der Waals surface area contributed by atoms with Gasteiger partial charge in [0.05, 0.1) is 21.2 Å². The van der Waals surface area contributed by atoms with Crippen molar-refractivity contribution < 1.29 is 21.6 Å². The molecule has 5 rings (SSSR count). The lowest BCUT2D eigenvalue weighted by Gasteiger charge is -2.33. The predicted molar refractivity (Wildman–Crippen MR) is 129 cm³/mol. The van der Waals surface area contributed by atoms with Crippen LogP contribution in [0.3, 0.4) is 0 Å². The van der Waals surface area contributed by atoms with E-state index in [0.717, 1.165) is 22.5 Å². The molecule has 0 bridgehead atoms. The summed E-state index contributed by atoms with van der Waals surface area (Å²) >= 11 is 12.5. The van der Waals surface area contributed by atoms with Gasteiger partial charge in [0.2, 0.25) is 16.0 Å². The van der Waals surface area contributed by atoms with Gasteiger partial charge in [-0.3, -0.25) is 0 Å². The van der Waals surface area contributed by atoms with E-state index in [0.29, 0.717) is 33.0 Å². The van der Waals surface area contributed by atoms with Crippen LogP contribution in [0.5, 0.6) is 0 Å². The largest absolute Gasteiger partial charge is 0.417 e. The number of benzene rings is 2. The lowest BCUT2D eigenvalue weighted by Crippen LogP contribution is -2.49. The van der Waals surface area contributed by atoms with Gasteiger partial charge in [-0.15, -0.1) is 5.10 Å². The minimum absolute atomic E-state index is 0.0372. The summed E-state index contributed by atoms with van der Waals surface area (Å²) in [5.74, 6) is 0.605. The smallest absolute Gasteiger partial charge is 0.337 e. The van der Waals surface area contributed by atoms with E-state index in [1.54, 1.807) is 35.4 Å². The van der Waals surface area contributed by atoms with Crippen molar-refractivity contribution in [2.45, 2.75) is 11.1 Å².